The van der Waals surface area contributed by atoms with Gasteiger partial charge >= 0.3 is 0 Å². The number of ketones is 1. The summed E-state index contributed by atoms with van der Waals surface area (Å²) in [5.74, 6) is 0.466. The Morgan fingerprint density at radius 1 is 1.04 bits per heavy atom. The quantitative estimate of drug-likeness (QED) is 0.692. The fourth-order valence-electron chi connectivity index (χ4n) is 3.96. The molecule has 118 valence electrons. The molecule has 24 heavy (non-hydrogen) atoms. The molecule has 1 saturated carbocycles. The molecule has 2 atom stereocenters. The number of carbonyl (C=O) groups is 1. The van der Waals surface area contributed by atoms with Gasteiger partial charge in [-0.25, -0.2) is 9.67 Å². The summed E-state index contributed by atoms with van der Waals surface area (Å²) in [6, 6.07) is 14.2. The molecule has 2 aliphatic rings. The van der Waals surface area contributed by atoms with Crippen molar-refractivity contribution in [2.75, 3.05) is 0 Å². The number of nitrogens with zero attached hydrogens (tertiary/aromatic N) is 5. The zero-order valence-corrected chi connectivity index (χ0v) is 13.0. The summed E-state index contributed by atoms with van der Waals surface area (Å²) in [7, 11) is 0. The van der Waals surface area contributed by atoms with E-state index < -0.39 is 0 Å². The van der Waals surface area contributed by atoms with Crippen molar-refractivity contribution in [3.8, 4) is 0 Å². The van der Waals surface area contributed by atoms with E-state index >= 15 is 0 Å². The van der Waals surface area contributed by atoms with Crippen molar-refractivity contribution in [1.29, 1.82) is 0 Å². The van der Waals surface area contributed by atoms with Gasteiger partial charge < -0.3 is 0 Å². The minimum Gasteiger partial charge on any atom is -0.299 e. The van der Waals surface area contributed by atoms with Crippen molar-refractivity contribution >= 4 is 28.2 Å². The van der Waals surface area contributed by atoms with E-state index in [2.05, 4.69) is 44.8 Å². The number of hydrogen-bond acceptors (Lipinski definition) is 5. The zero-order chi connectivity index (χ0) is 16.1. The van der Waals surface area contributed by atoms with E-state index in [4.69, 9.17) is 0 Å². The van der Waals surface area contributed by atoms with Crippen molar-refractivity contribution in [3.05, 3.63) is 48.0 Å². The molecule has 3 aromatic rings. The van der Waals surface area contributed by atoms with E-state index in [-0.39, 0.29) is 17.7 Å². The topological polar surface area (TPSA) is 73.0 Å². The van der Waals surface area contributed by atoms with E-state index in [0.29, 0.717) is 12.4 Å². The van der Waals surface area contributed by atoms with Crippen molar-refractivity contribution in [1.82, 2.24) is 20.2 Å². The van der Waals surface area contributed by atoms with Gasteiger partial charge in [-0.1, -0.05) is 47.6 Å². The smallest absolute Gasteiger partial charge is 0.269 e. The summed E-state index contributed by atoms with van der Waals surface area (Å²) in [5.41, 5.74) is 2.00. The number of hydrogen-bond donors (Lipinski definition) is 0. The molecule has 5 rings (SSSR count). The molecule has 0 spiro atoms. The second kappa shape index (κ2) is 5.06. The zero-order valence-electron chi connectivity index (χ0n) is 13.0. The molecule has 0 amide bonds. The molecule has 0 radical (unpaired) electrons. The van der Waals surface area contributed by atoms with Crippen molar-refractivity contribution in [2.45, 2.75) is 25.3 Å². The summed E-state index contributed by atoms with van der Waals surface area (Å²) in [6.07, 6.45) is 2.30. The van der Waals surface area contributed by atoms with E-state index in [1.807, 2.05) is 18.2 Å². The molecule has 2 heterocycles. The lowest BCUT2D eigenvalue weighted by Crippen LogP contribution is -2.39. The fourth-order valence-corrected chi connectivity index (χ4v) is 3.96. The Labute approximate surface area is 138 Å². The van der Waals surface area contributed by atoms with Crippen LogP contribution in [-0.4, -0.2) is 31.7 Å². The highest BCUT2D eigenvalue weighted by Crippen LogP contribution is 2.41. The number of aromatic nitrogens is 4. The Morgan fingerprint density at radius 3 is 2.88 bits per heavy atom. The lowest BCUT2D eigenvalue weighted by Gasteiger charge is -2.34. The van der Waals surface area contributed by atoms with Crippen molar-refractivity contribution in [2.24, 2.45) is 10.9 Å². The van der Waals surface area contributed by atoms with E-state index in [1.54, 1.807) is 4.68 Å². The van der Waals surface area contributed by atoms with Crippen LogP contribution in [0.25, 0.3) is 10.8 Å². The maximum atomic E-state index is 12.7. The Balaban J connectivity index is 1.79. The van der Waals surface area contributed by atoms with Gasteiger partial charge in [0.1, 0.15) is 5.78 Å². The van der Waals surface area contributed by atoms with Crippen LogP contribution in [0.3, 0.4) is 0 Å². The van der Waals surface area contributed by atoms with Crippen LogP contribution < -0.4 is 0 Å². The van der Waals surface area contributed by atoms with Crippen LogP contribution in [0.1, 0.15) is 30.9 Å². The van der Waals surface area contributed by atoms with Gasteiger partial charge in [-0.15, -0.1) is 0 Å². The van der Waals surface area contributed by atoms with Gasteiger partial charge in [0.2, 0.25) is 0 Å². The van der Waals surface area contributed by atoms with Crippen LogP contribution in [0.15, 0.2) is 47.5 Å². The third-order valence-corrected chi connectivity index (χ3v) is 5.00. The number of fused-ring (bicyclic) bond motifs is 3. The molecule has 6 nitrogen and oxygen atoms in total. The number of tetrazole rings is 1. The van der Waals surface area contributed by atoms with Gasteiger partial charge in [0.15, 0.2) is 0 Å². The highest BCUT2D eigenvalue weighted by atomic mass is 16.1. The molecule has 6 heteroatoms. The van der Waals surface area contributed by atoms with Gasteiger partial charge in [-0.3, -0.25) is 4.79 Å². The monoisotopic (exact) mass is 317 g/mol. The summed E-state index contributed by atoms with van der Waals surface area (Å²) < 4.78 is 1.71. The first-order chi connectivity index (χ1) is 11.8. The molecule has 2 aromatic carbocycles. The van der Waals surface area contributed by atoms with Gasteiger partial charge in [-0.05, 0) is 39.6 Å². The average molecular weight is 317 g/mol. The Bertz CT molecular complexity index is 984. The lowest BCUT2D eigenvalue weighted by molar-refractivity contribution is -0.122. The first-order valence-corrected chi connectivity index (χ1v) is 8.18. The van der Waals surface area contributed by atoms with Crippen LogP contribution in [0, 0.1) is 5.92 Å². The fraction of sp³-hybridized carbons (Fsp3) is 0.278. The number of Topliss-reactive ketones (excluding diaryl/α,β-unsaturated/α-hetero) is 1. The summed E-state index contributed by atoms with van der Waals surface area (Å²) >= 11 is 0. The minimum atomic E-state index is -0.263. The molecular formula is C18H15N5O. The van der Waals surface area contributed by atoms with Gasteiger partial charge in [0.05, 0.1) is 12.0 Å². The summed E-state index contributed by atoms with van der Waals surface area (Å²) in [6.45, 7) is 0. The van der Waals surface area contributed by atoms with E-state index in [0.717, 1.165) is 34.9 Å². The minimum absolute atomic E-state index is 0.221. The standard InChI is InChI=1S/C18H15N5O/c24-15-10-4-9-14-16(15)17(23-18(19-14)20-21-22-23)13-8-3-6-11-5-1-2-7-12(11)13/h1-3,5-8,16-17H,4,9-10H2. The molecule has 0 N–H and O–H groups in total. The van der Waals surface area contributed by atoms with E-state index in [1.165, 1.54) is 0 Å². The predicted molar refractivity (Wildman–Crippen MR) is 89.3 cm³/mol. The third-order valence-electron chi connectivity index (χ3n) is 5.00. The van der Waals surface area contributed by atoms with Crippen LogP contribution in [0.5, 0.6) is 0 Å². The second-order valence-corrected chi connectivity index (χ2v) is 6.34. The summed E-state index contributed by atoms with van der Waals surface area (Å²) in [4.78, 5) is 17.3. The van der Waals surface area contributed by atoms with Crippen LogP contribution in [-0.2, 0) is 4.79 Å². The number of carbonyl (C=O) groups excluding carboxylic acids is 1. The largest absolute Gasteiger partial charge is 0.299 e. The predicted octanol–water partition coefficient (Wildman–Crippen LogP) is 2.87. The van der Waals surface area contributed by atoms with Gasteiger partial charge in [-0.2, -0.15) is 0 Å². The maximum Gasteiger partial charge on any atom is 0.269 e. The molecule has 1 fully saturated rings. The number of benzene rings is 2. The molecule has 0 bridgehead atoms. The second-order valence-electron chi connectivity index (χ2n) is 6.34. The number of aliphatic imine (C=N–C) groups is 1. The maximum absolute atomic E-state index is 12.7. The van der Waals surface area contributed by atoms with Crippen LogP contribution in [0.4, 0.5) is 5.95 Å². The Kier molecular flexibility index (Phi) is 2.85. The molecule has 1 aliphatic heterocycles. The molecule has 1 aliphatic carbocycles. The third kappa shape index (κ3) is 1.86. The SMILES string of the molecule is O=C1CCCC2=Nc3nnnn3C(c3cccc4ccccc34)C12. The van der Waals surface area contributed by atoms with Crippen molar-refractivity contribution in [3.63, 3.8) is 0 Å². The first-order valence-electron chi connectivity index (χ1n) is 8.18. The highest BCUT2D eigenvalue weighted by Gasteiger charge is 2.42. The van der Waals surface area contributed by atoms with Crippen LogP contribution in [0.2, 0.25) is 0 Å². The molecule has 0 saturated heterocycles. The molecule has 2 unspecified atom stereocenters. The molecular weight excluding hydrogens is 302 g/mol. The summed E-state index contributed by atoms with van der Waals surface area (Å²) in [5, 5.41) is 14.2. The lowest BCUT2D eigenvalue weighted by atomic mass is 9.77. The Morgan fingerprint density at radius 2 is 1.92 bits per heavy atom. The van der Waals surface area contributed by atoms with E-state index in [9.17, 15) is 4.79 Å². The van der Waals surface area contributed by atoms with Gasteiger partial charge in [0.25, 0.3) is 5.95 Å². The molecule has 1 aromatic heterocycles. The van der Waals surface area contributed by atoms with Crippen LogP contribution >= 0.6 is 0 Å². The highest BCUT2D eigenvalue weighted by molar-refractivity contribution is 6.09. The normalized spacial score (nSPS) is 22.8. The average Bonchev–Trinajstić information content (AvgIpc) is 3.08. The first kappa shape index (κ1) is 13.5. The Hall–Kier alpha value is -2.89. The van der Waals surface area contributed by atoms with Crippen molar-refractivity contribution < 1.29 is 4.79 Å². The number of rotatable bonds is 1. The van der Waals surface area contributed by atoms with Gasteiger partial charge in [0, 0.05) is 12.1 Å².